The highest BCUT2D eigenvalue weighted by atomic mass is 35.5. The third-order valence-electron chi connectivity index (χ3n) is 3.14. The zero-order valence-electron chi connectivity index (χ0n) is 9.86. The van der Waals surface area contributed by atoms with E-state index in [0.717, 1.165) is 0 Å². The number of nitrogens with zero attached hydrogens (tertiary/aromatic N) is 1. The fourth-order valence-electron chi connectivity index (χ4n) is 1.94. The zero-order valence-corrected chi connectivity index (χ0v) is 10.6. The number of hydrogen-bond donors (Lipinski definition) is 2. The lowest BCUT2D eigenvalue weighted by Crippen LogP contribution is -2.54. The van der Waals surface area contributed by atoms with Crippen molar-refractivity contribution in [2.24, 2.45) is 0 Å². The molecule has 1 aromatic heterocycles. The maximum atomic E-state index is 12.1. The first-order valence-electron chi connectivity index (χ1n) is 5.77. The Labute approximate surface area is 110 Å². The van der Waals surface area contributed by atoms with Gasteiger partial charge in [0.15, 0.2) is 0 Å². The number of halogens is 1. The number of aromatic nitrogens is 1. The van der Waals surface area contributed by atoms with Gasteiger partial charge in [0, 0.05) is 25.6 Å². The van der Waals surface area contributed by atoms with Gasteiger partial charge in [0.2, 0.25) is 0 Å². The Morgan fingerprint density at radius 2 is 2.28 bits per heavy atom. The van der Waals surface area contributed by atoms with E-state index in [1.807, 2.05) is 0 Å². The Morgan fingerprint density at radius 3 is 2.89 bits per heavy atom. The van der Waals surface area contributed by atoms with E-state index in [1.54, 1.807) is 6.07 Å². The molecule has 0 radical (unpaired) electrons. The molecule has 1 saturated heterocycles. The summed E-state index contributed by atoms with van der Waals surface area (Å²) in [6.07, 6.45) is 4.12. The van der Waals surface area contributed by atoms with E-state index in [1.165, 1.54) is 12.4 Å². The predicted octanol–water partition coefficient (Wildman–Crippen LogP) is 1.01. The van der Waals surface area contributed by atoms with Crippen molar-refractivity contribution < 1.29 is 14.6 Å². The summed E-state index contributed by atoms with van der Waals surface area (Å²) in [6, 6.07) is 1.56. The van der Waals surface area contributed by atoms with Crippen molar-refractivity contribution in [3.8, 4) is 0 Å². The summed E-state index contributed by atoms with van der Waals surface area (Å²) < 4.78 is 5.24. The Bertz CT molecular complexity index is 433. The van der Waals surface area contributed by atoms with Crippen LogP contribution in [0.3, 0.4) is 0 Å². The molecule has 0 aliphatic carbocycles. The lowest BCUT2D eigenvalue weighted by Gasteiger charge is -2.36. The first-order valence-corrected chi connectivity index (χ1v) is 6.15. The summed E-state index contributed by atoms with van der Waals surface area (Å²) in [4.78, 5) is 16.0. The molecule has 0 atom stereocenters. The standard InChI is InChI=1S/C12H15ClN2O3/c13-10-1-4-14-7-9(10)11(17)15-12(8-16)2-5-18-6-3-12/h1,4,7,16H,2-3,5-6,8H2,(H,15,17). The SMILES string of the molecule is O=C(NC1(CO)CCOCC1)c1cnccc1Cl. The van der Waals surface area contributed by atoms with Gasteiger partial charge in [-0.2, -0.15) is 0 Å². The van der Waals surface area contributed by atoms with Gasteiger partial charge in [-0.15, -0.1) is 0 Å². The third kappa shape index (κ3) is 2.80. The second kappa shape index (κ2) is 5.65. The molecule has 1 aliphatic heterocycles. The summed E-state index contributed by atoms with van der Waals surface area (Å²) in [6.45, 7) is 0.948. The number of ether oxygens (including phenoxy) is 1. The Balaban J connectivity index is 2.13. The molecule has 6 heteroatoms. The average Bonchev–Trinajstić information content (AvgIpc) is 2.40. The van der Waals surface area contributed by atoms with E-state index in [-0.39, 0.29) is 12.5 Å². The van der Waals surface area contributed by atoms with E-state index < -0.39 is 5.54 Å². The van der Waals surface area contributed by atoms with Gasteiger partial charge < -0.3 is 15.2 Å². The van der Waals surface area contributed by atoms with Gasteiger partial charge in [-0.3, -0.25) is 9.78 Å². The molecule has 2 heterocycles. The van der Waals surface area contributed by atoms with Gasteiger partial charge in [0.1, 0.15) is 0 Å². The van der Waals surface area contributed by atoms with E-state index >= 15 is 0 Å². The number of carbonyl (C=O) groups is 1. The molecule has 18 heavy (non-hydrogen) atoms. The van der Waals surface area contributed by atoms with Crippen LogP contribution in [0.25, 0.3) is 0 Å². The molecule has 1 fully saturated rings. The molecule has 98 valence electrons. The fraction of sp³-hybridized carbons (Fsp3) is 0.500. The second-order valence-corrected chi connectivity index (χ2v) is 4.77. The molecule has 5 nitrogen and oxygen atoms in total. The number of nitrogens with one attached hydrogen (secondary N) is 1. The number of aliphatic hydroxyl groups excluding tert-OH is 1. The van der Waals surface area contributed by atoms with Crippen LogP contribution in [0.1, 0.15) is 23.2 Å². The van der Waals surface area contributed by atoms with Crippen LogP contribution in [-0.4, -0.2) is 41.4 Å². The quantitative estimate of drug-likeness (QED) is 0.860. The number of carbonyl (C=O) groups excluding carboxylic acids is 1. The van der Waals surface area contributed by atoms with Crippen molar-refractivity contribution in [1.29, 1.82) is 0 Å². The van der Waals surface area contributed by atoms with E-state index in [0.29, 0.717) is 36.6 Å². The number of pyridine rings is 1. The molecule has 1 aromatic rings. The van der Waals surface area contributed by atoms with Crippen molar-refractivity contribution in [1.82, 2.24) is 10.3 Å². The summed E-state index contributed by atoms with van der Waals surface area (Å²) in [5, 5.41) is 12.7. The van der Waals surface area contributed by atoms with Crippen LogP contribution < -0.4 is 5.32 Å². The highest BCUT2D eigenvalue weighted by Crippen LogP contribution is 2.22. The maximum absolute atomic E-state index is 12.1. The minimum Gasteiger partial charge on any atom is -0.394 e. The number of amides is 1. The Kier molecular flexibility index (Phi) is 4.16. The van der Waals surface area contributed by atoms with Crippen molar-refractivity contribution >= 4 is 17.5 Å². The number of aliphatic hydroxyl groups is 1. The van der Waals surface area contributed by atoms with Gasteiger partial charge in [-0.1, -0.05) is 11.6 Å². The van der Waals surface area contributed by atoms with Gasteiger partial charge >= 0.3 is 0 Å². The summed E-state index contributed by atoms with van der Waals surface area (Å²) in [5.74, 6) is -0.316. The van der Waals surface area contributed by atoms with Crippen molar-refractivity contribution in [2.45, 2.75) is 18.4 Å². The first-order chi connectivity index (χ1) is 8.67. The highest BCUT2D eigenvalue weighted by molar-refractivity contribution is 6.33. The normalized spacial score (nSPS) is 18.3. The van der Waals surface area contributed by atoms with E-state index in [9.17, 15) is 9.90 Å². The molecule has 0 spiro atoms. The summed E-state index contributed by atoms with van der Waals surface area (Å²) >= 11 is 5.94. The Hall–Kier alpha value is -1.17. The fourth-order valence-corrected chi connectivity index (χ4v) is 2.13. The zero-order chi connectivity index (χ0) is 13.0. The third-order valence-corrected chi connectivity index (χ3v) is 3.47. The summed E-state index contributed by atoms with van der Waals surface area (Å²) in [5.41, 5.74) is -0.299. The molecular weight excluding hydrogens is 256 g/mol. The average molecular weight is 271 g/mol. The van der Waals surface area contributed by atoms with Crippen LogP contribution in [-0.2, 0) is 4.74 Å². The topological polar surface area (TPSA) is 71.5 Å². The van der Waals surface area contributed by atoms with Crippen molar-refractivity contribution in [2.75, 3.05) is 19.8 Å². The van der Waals surface area contributed by atoms with Crippen LogP contribution in [0.15, 0.2) is 18.5 Å². The Morgan fingerprint density at radius 1 is 1.56 bits per heavy atom. The van der Waals surface area contributed by atoms with Gasteiger partial charge in [0.25, 0.3) is 5.91 Å². The molecule has 2 N–H and O–H groups in total. The van der Waals surface area contributed by atoms with Crippen molar-refractivity contribution in [3.05, 3.63) is 29.0 Å². The molecular formula is C12H15ClN2O3. The van der Waals surface area contributed by atoms with Crippen LogP contribution in [0, 0.1) is 0 Å². The van der Waals surface area contributed by atoms with Gasteiger partial charge in [-0.05, 0) is 18.9 Å². The number of rotatable bonds is 3. The largest absolute Gasteiger partial charge is 0.394 e. The lowest BCUT2D eigenvalue weighted by atomic mass is 9.90. The van der Waals surface area contributed by atoms with Gasteiger partial charge in [-0.25, -0.2) is 0 Å². The van der Waals surface area contributed by atoms with E-state index in [4.69, 9.17) is 16.3 Å². The van der Waals surface area contributed by atoms with E-state index in [2.05, 4.69) is 10.3 Å². The molecule has 0 unspecified atom stereocenters. The smallest absolute Gasteiger partial charge is 0.254 e. The molecule has 0 saturated carbocycles. The number of hydrogen-bond acceptors (Lipinski definition) is 4. The second-order valence-electron chi connectivity index (χ2n) is 4.36. The lowest BCUT2D eigenvalue weighted by molar-refractivity contribution is 0.0125. The van der Waals surface area contributed by atoms with Crippen LogP contribution >= 0.6 is 11.6 Å². The molecule has 1 aliphatic rings. The molecule has 0 aromatic carbocycles. The van der Waals surface area contributed by atoms with Crippen molar-refractivity contribution in [3.63, 3.8) is 0 Å². The maximum Gasteiger partial charge on any atom is 0.254 e. The molecule has 2 rings (SSSR count). The molecule has 0 bridgehead atoms. The predicted molar refractivity (Wildman–Crippen MR) is 66.6 cm³/mol. The first kappa shape index (κ1) is 13.3. The minimum atomic E-state index is -0.617. The van der Waals surface area contributed by atoms with Crippen LogP contribution in [0.2, 0.25) is 5.02 Å². The van der Waals surface area contributed by atoms with Gasteiger partial charge in [0.05, 0.1) is 22.7 Å². The van der Waals surface area contributed by atoms with Crippen LogP contribution in [0.5, 0.6) is 0 Å². The molecule has 1 amide bonds. The minimum absolute atomic E-state index is 0.111. The highest BCUT2D eigenvalue weighted by Gasteiger charge is 2.34. The summed E-state index contributed by atoms with van der Waals surface area (Å²) in [7, 11) is 0. The monoisotopic (exact) mass is 270 g/mol. The van der Waals surface area contributed by atoms with Crippen LogP contribution in [0.4, 0.5) is 0 Å².